The highest BCUT2D eigenvalue weighted by Gasteiger charge is 2.28. The Labute approximate surface area is 180 Å². The Hall–Kier alpha value is -3.92. The van der Waals surface area contributed by atoms with Crippen LogP contribution in [0.3, 0.4) is 0 Å². The Morgan fingerprint density at radius 2 is 1.87 bits per heavy atom. The van der Waals surface area contributed by atoms with Crippen LogP contribution in [0, 0.1) is 0 Å². The van der Waals surface area contributed by atoms with E-state index in [1.54, 1.807) is 16.6 Å². The van der Waals surface area contributed by atoms with Crippen molar-refractivity contribution in [1.82, 2.24) is 14.6 Å². The molecule has 4 aromatic rings. The number of nitrogens with zero attached hydrogens (tertiary/aromatic N) is 3. The van der Waals surface area contributed by atoms with Gasteiger partial charge in [-0.3, -0.25) is 14.9 Å². The van der Waals surface area contributed by atoms with Crippen LogP contribution in [0.5, 0.6) is 11.5 Å². The number of carbonyl (C=O) groups is 2. The van der Waals surface area contributed by atoms with Crippen LogP contribution < -0.4 is 20.1 Å². The zero-order valence-electron chi connectivity index (χ0n) is 16.4. The van der Waals surface area contributed by atoms with Gasteiger partial charge in [0, 0.05) is 23.6 Å². The Kier molecular flexibility index (Phi) is 4.75. The van der Waals surface area contributed by atoms with Gasteiger partial charge in [0.25, 0.3) is 11.9 Å². The first-order valence-electron chi connectivity index (χ1n) is 9.48. The molecule has 1 atom stereocenters. The highest BCUT2D eigenvalue weighted by atomic mass is 32.1. The van der Waals surface area contributed by atoms with E-state index in [9.17, 15) is 9.59 Å². The number of para-hydroxylation sites is 2. The molecule has 0 saturated carbocycles. The molecule has 2 amide bonds. The smallest absolute Gasteiger partial charge is 0.271 e. The molecule has 0 fully saturated rings. The summed E-state index contributed by atoms with van der Waals surface area (Å²) in [6.07, 6.45) is -0.794. The molecule has 2 N–H and O–H groups in total. The number of carbonyl (C=O) groups excluding carboxylic acids is 2. The minimum absolute atomic E-state index is 0.108. The number of aromatic nitrogens is 3. The molecule has 0 aliphatic carbocycles. The van der Waals surface area contributed by atoms with Gasteiger partial charge >= 0.3 is 0 Å². The monoisotopic (exact) mass is 435 g/mol. The summed E-state index contributed by atoms with van der Waals surface area (Å²) in [7, 11) is 0. The summed E-state index contributed by atoms with van der Waals surface area (Å²) in [6.45, 7) is 1.57. The number of ether oxygens (including phenoxy) is 2. The lowest BCUT2D eigenvalue weighted by molar-refractivity contribution is -0.125. The average molecular weight is 435 g/mol. The Morgan fingerprint density at radius 3 is 2.65 bits per heavy atom. The second-order valence-electron chi connectivity index (χ2n) is 6.86. The fraction of sp³-hybridized carbons (Fsp3) is 0.143. The van der Waals surface area contributed by atoms with Gasteiger partial charge in [0.05, 0.1) is 5.69 Å². The van der Waals surface area contributed by atoms with Crippen molar-refractivity contribution in [3.8, 4) is 22.8 Å². The zero-order chi connectivity index (χ0) is 21.4. The van der Waals surface area contributed by atoms with Crippen molar-refractivity contribution in [3.05, 3.63) is 53.9 Å². The number of rotatable bonds is 4. The van der Waals surface area contributed by atoms with Gasteiger partial charge in [-0.15, -0.1) is 16.4 Å². The van der Waals surface area contributed by atoms with Crippen molar-refractivity contribution in [3.63, 3.8) is 0 Å². The molecule has 1 aliphatic rings. The van der Waals surface area contributed by atoms with Gasteiger partial charge < -0.3 is 14.8 Å². The molecular weight excluding hydrogens is 418 g/mol. The van der Waals surface area contributed by atoms with Gasteiger partial charge in [-0.05, 0) is 24.3 Å². The largest absolute Gasteiger partial charge is 0.485 e. The van der Waals surface area contributed by atoms with E-state index >= 15 is 0 Å². The SMILES string of the molecule is CC(=O)Nc1ccc(-c2csc3nc(NC(=O)C4COc5ccccc5O4)nn23)cc1. The lowest BCUT2D eigenvalue weighted by Crippen LogP contribution is -2.40. The van der Waals surface area contributed by atoms with Crippen LogP contribution in [0.1, 0.15) is 6.92 Å². The first-order valence-corrected chi connectivity index (χ1v) is 10.4. The molecular formula is C21H17N5O4S. The minimum atomic E-state index is -0.794. The van der Waals surface area contributed by atoms with Gasteiger partial charge in [0.2, 0.25) is 17.0 Å². The highest BCUT2D eigenvalue weighted by molar-refractivity contribution is 7.15. The number of hydrogen-bond donors (Lipinski definition) is 2. The van der Waals surface area contributed by atoms with Gasteiger partial charge in [-0.2, -0.15) is 4.98 Å². The molecule has 1 aliphatic heterocycles. The van der Waals surface area contributed by atoms with Crippen molar-refractivity contribution < 1.29 is 19.1 Å². The Morgan fingerprint density at radius 1 is 1.10 bits per heavy atom. The lowest BCUT2D eigenvalue weighted by Gasteiger charge is -2.25. The summed E-state index contributed by atoms with van der Waals surface area (Å²) < 4.78 is 13.0. The van der Waals surface area contributed by atoms with Gasteiger partial charge in [-0.1, -0.05) is 24.3 Å². The van der Waals surface area contributed by atoms with E-state index in [0.29, 0.717) is 22.1 Å². The van der Waals surface area contributed by atoms with E-state index in [0.717, 1.165) is 11.3 Å². The average Bonchev–Trinajstić information content (AvgIpc) is 3.34. The fourth-order valence-electron chi connectivity index (χ4n) is 3.20. The van der Waals surface area contributed by atoms with E-state index in [1.165, 1.54) is 18.3 Å². The summed E-state index contributed by atoms with van der Waals surface area (Å²) in [6, 6.07) is 14.6. The van der Waals surface area contributed by atoms with Crippen LogP contribution in [0.25, 0.3) is 16.2 Å². The third kappa shape index (κ3) is 3.80. The standard InChI is InChI=1S/C21H17N5O4S/c1-12(27)22-14-8-6-13(7-9-14)15-11-31-21-24-20(25-26(15)21)23-19(28)18-10-29-16-4-2-3-5-17(16)30-18/h2-9,11,18H,10H2,1H3,(H,22,27)(H,23,25,28). The maximum atomic E-state index is 12.6. The van der Waals surface area contributed by atoms with Crippen LogP contribution in [0.2, 0.25) is 0 Å². The van der Waals surface area contributed by atoms with Crippen LogP contribution in [0.4, 0.5) is 11.6 Å². The predicted octanol–water partition coefficient (Wildman–Crippen LogP) is 3.19. The van der Waals surface area contributed by atoms with E-state index < -0.39 is 6.10 Å². The maximum Gasteiger partial charge on any atom is 0.271 e. The van der Waals surface area contributed by atoms with Crippen LogP contribution in [-0.4, -0.2) is 39.1 Å². The van der Waals surface area contributed by atoms with Crippen molar-refractivity contribution in [2.24, 2.45) is 0 Å². The molecule has 156 valence electrons. The number of amides is 2. The topological polar surface area (TPSA) is 107 Å². The van der Waals surface area contributed by atoms with E-state index in [2.05, 4.69) is 20.7 Å². The quantitative estimate of drug-likeness (QED) is 0.510. The Balaban J connectivity index is 1.33. The van der Waals surface area contributed by atoms with Crippen molar-refractivity contribution >= 4 is 39.7 Å². The summed E-state index contributed by atoms with van der Waals surface area (Å²) in [5, 5.41) is 11.8. The van der Waals surface area contributed by atoms with E-state index in [1.807, 2.05) is 41.8 Å². The number of fused-ring (bicyclic) bond motifs is 2. The van der Waals surface area contributed by atoms with Gasteiger partial charge in [0.15, 0.2) is 11.5 Å². The summed E-state index contributed by atoms with van der Waals surface area (Å²) in [5.74, 6) is 0.821. The molecule has 1 unspecified atom stereocenters. The summed E-state index contributed by atoms with van der Waals surface area (Å²) in [5.41, 5.74) is 2.45. The second-order valence-corrected chi connectivity index (χ2v) is 7.70. The first-order chi connectivity index (χ1) is 15.1. The molecule has 31 heavy (non-hydrogen) atoms. The van der Waals surface area contributed by atoms with E-state index in [4.69, 9.17) is 9.47 Å². The molecule has 2 aromatic carbocycles. The third-order valence-electron chi connectivity index (χ3n) is 4.62. The molecule has 0 radical (unpaired) electrons. The van der Waals surface area contributed by atoms with Gasteiger partial charge in [-0.25, -0.2) is 4.52 Å². The molecule has 5 rings (SSSR count). The van der Waals surface area contributed by atoms with Crippen LogP contribution >= 0.6 is 11.3 Å². The van der Waals surface area contributed by atoms with Crippen molar-refractivity contribution in [2.45, 2.75) is 13.0 Å². The number of hydrogen-bond acceptors (Lipinski definition) is 7. The molecule has 2 aromatic heterocycles. The zero-order valence-corrected chi connectivity index (χ0v) is 17.2. The third-order valence-corrected chi connectivity index (χ3v) is 5.43. The first kappa shape index (κ1) is 19.1. The number of anilines is 2. The fourth-order valence-corrected chi connectivity index (χ4v) is 4.03. The van der Waals surface area contributed by atoms with Crippen LogP contribution in [-0.2, 0) is 9.59 Å². The van der Waals surface area contributed by atoms with Crippen LogP contribution in [0.15, 0.2) is 53.9 Å². The number of benzene rings is 2. The molecule has 0 saturated heterocycles. The molecule has 10 heteroatoms. The lowest BCUT2D eigenvalue weighted by atomic mass is 10.1. The number of thiazole rings is 1. The molecule has 0 bridgehead atoms. The summed E-state index contributed by atoms with van der Waals surface area (Å²) in [4.78, 5) is 28.8. The predicted molar refractivity (Wildman–Crippen MR) is 116 cm³/mol. The second kappa shape index (κ2) is 7.73. The van der Waals surface area contributed by atoms with Gasteiger partial charge in [0.1, 0.15) is 6.61 Å². The molecule has 0 spiro atoms. The minimum Gasteiger partial charge on any atom is -0.485 e. The normalized spacial score (nSPS) is 14.9. The molecule has 9 nitrogen and oxygen atoms in total. The highest BCUT2D eigenvalue weighted by Crippen LogP contribution is 2.31. The maximum absolute atomic E-state index is 12.6. The summed E-state index contributed by atoms with van der Waals surface area (Å²) >= 11 is 1.41. The van der Waals surface area contributed by atoms with Crippen molar-refractivity contribution in [2.75, 3.05) is 17.2 Å². The van der Waals surface area contributed by atoms with E-state index in [-0.39, 0.29) is 24.4 Å². The number of nitrogens with one attached hydrogen (secondary N) is 2. The Bertz CT molecular complexity index is 1280. The van der Waals surface area contributed by atoms with Crippen molar-refractivity contribution in [1.29, 1.82) is 0 Å². The molecule has 3 heterocycles.